The van der Waals surface area contributed by atoms with Crippen molar-refractivity contribution in [2.24, 2.45) is 38.9 Å². The first-order chi connectivity index (χ1) is 14.5. The molecule has 3 saturated carbocycles. The van der Waals surface area contributed by atoms with Crippen LogP contribution in [-0.2, 0) is 0 Å². The Kier molecular flexibility index (Phi) is 4.60. The maximum absolute atomic E-state index is 10.00. The van der Waals surface area contributed by atoms with Gasteiger partial charge in [-0.15, -0.1) is 0 Å². The lowest BCUT2D eigenvalue weighted by atomic mass is 9.47. The third kappa shape index (κ3) is 2.78. The normalized spacial score (nSPS) is 42.0. The number of fused-ring (bicyclic) bond motifs is 5. The molecule has 158 valence electrons. The van der Waals surface area contributed by atoms with Gasteiger partial charge >= 0.3 is 0 Å². The largest absolute Gasteiger partial charge is 0.411 e. The molecule has 4 aliphatic rings. The van der Waals surface area contributed by atoms with Gasteiger partial charge in [-0.2, -0.15) is 0 Å². The average molecular weight is 406 g/mol. The summed E-state index contributed by atoms with van der Waals surface area (Å²) in [5.41, 5.74) is 5.65. The number of oxime groups is 2. The van der Waals surface area contributed by atoms with Crippen molar-refractivity contribution in [1.82, 2.24) is 4.98 Å². The summed E-state index contributed by atoms with van der Waals surface area (Å²) in [4.78, 5) is 4.12. The summed E-state index contributed by atoms with van der Waals surface area (Å²) < 4.78 is 0. The molecule has 5 heteroatoms. The number of aromatic nitrogens is 1. The van der Waals surface area contributed by atoms with Crippen molar-refractivity contribution in [3.05, 3.63) is 47.3 Å². The Morgan fingerprint density at radius 3 is 2.53 bits per heavy atom. The van der Waals surface area contributed by atoms with Gasteiger partial charge in [0.1, 0.15) is 0 Å². The highest BCUT2D eigenvalue weighted by Crippen LogP contribution is 2.65. The molecule has 0 aliphatic heterocycles. The smallest absolute Gasteiger partial charge is 0.0889 e. The second-order valence-electron chi connectivity index (χ2n) is 10.2. The van der Waals surface area contributed by atoms with Gasteiger partial charge in [0.25, 0.3) is 0 Å². The fraction of sp³-hybridized carbons (Fsp3) is 0.560. The summed E-state index contributed by atoms with van der Waals surface area (Å²) in [7, 11) is 0. The molecule has 0 aromatic carbocycles. The molecule has 0 spiro atoms. The second-order valence-corrected chi connectivity index (χ2v) is 10.2. The summed E-state index contributed by atoms with van der Waals surface area (Å²) in [5, 5.41) is 26.6. The maximum Gasteiger partial charge on any atom is 0.0889 e. The van der Waals surface area contributed by atoms with Crippen molar-refractivity contribution in [2.75, 3.05) is 0 Å². The van der Waals surface area contributed by atoms with E-state index in [1.165, 1.54) is 24.0 Å². The van der Waals surface area contributed by atoms with Gasteiger partial charge in [0.2, 0.25) is 0 Å². The molecule has 5 nitrogen and oxygen atoms in total. The lowest BCUT2D eigenvalue weighted by Crippen LogP contribution is -2.50. The van der Waals surface area contributed by atoms with Crippen molar-refractivity contribution >= 4 is 17.5 Å². The highest BCUT2D eigenvalue weighted by Gasteiger charge is 2.59. The molecule has 5 rings (SSSR count). The van der Waals surface area contributed by atoms with Crippen molar-refractivity contribution in [2.45, 2.75) is 58.8 Å². The maximum atomic E-state index is 10.00. The van der Waals surface area contributed by atoms with E-state index in [1.54, 1.807) is 0 Å². The molecule has 1 heterocycles. The van der Waals surface area contributed by atoms with Gasteiger partial charge in [-0.05, 0) is 104 Å². The van der Waals surface area contributed by atoms with Gasteiger partial charge in [-0.25, -0.2) is 0 Å². The third-order valence-corrected chi connectivity index (χ3v) is 8.93. The van der Waals surface area contributed by atoms with Gasteiger partial charge in [0.05, 0.1) is 11.4 Å². The predicted molar refractivity (Wildman–Crippen MR) is 118 cm³/mol. The Morgan fingerprint density at radius 2 is 1.80 bits per heavy atom. The molecule has 4 aliphatic carbocycles. The van der Waals surface area contributed by atoms with Crippen molar-refractivity contribution < 1.29 is 10.4 Å². The Labute approximate surface area is 178 Å². The monoisotopic (exact) mass is 405 g/mol. The molecule has 30 heavy (non-hydrogen) atoms. The Hall–Kier alpha value is -2.43. The van der Waals surface area contributed by atoms with Crippen LogP contribution in [0, 0.1) is 28.6 Å². The number of hydrogen-bond acceptors (Lipinski definition) is 5. The fourth-order valence-corrected chi connectivity index (χ4v) is 7.31. The van der Waals surface area contributed by atoms with Crippen LogP contribution in [0.4, 0.5) is 0 Å². The number of pyridine rings is 1. The van der Waals surface area contributed by atoms with Crippen molar-refractivity contribution in [3.63, 3.8) is 0 Å². The fourth-order valence-electron chi connectivity index (χ4n) is 7.31. The van der Waals surface area contributed by atoms with E-state index in [9.17, 15) is 10.4 Å². The van der Waals surface area contributed by atoms with Gasteiger partial charge in [0, 0.05) is 17.8 Å². The third-order valence-electron chi connectivity index (χ3n) is 8.93. The zero-order chi connectivity index (χ0) is 20.9. The molecular weight excluding hydrogens is 374 g/mol. The molecule has 0 saturated heterocycles. The van der Waals surface area contributed by atoms with Crippen LogP contribution in [0.1, 0.15) is 64.4 Å². The zero-order valence-electron chi connectivity index (χ0n) is 17.9. The Balaban J connectivity index is 1.50. The topological polar surface area (TPSA) is 78.1 Å². The van der Waals surface area contributed by atoms with Crippen LogP contribution in [-0.4, -0.2) is 26.8 Å². The highest BCUT2D eigenvalue weighted by atomic mass is 16.4. The molecule has 0 unspecified atom stereocenters. The summed E-state index contributed by atoms with van der Waals surface area (Å²) >= 11 is 0. The number of rotatable bonds is 1. The first kappa shape index (κ1) is 19.5. The molecular formula is C25H31N3O2. The van der Waals surface area contributed by atoms with Crippen LogP contribution in [0.3, 0.4) is 0 Å². The minimum atomic E-state index is -0.0568. The van der Waals surface area contributed by atoms with Crippen LogP contribution in [0.2, 0.25) is 0 Å². The van der Waals surface area contributed by atoms with E-state index in [0.717, 1.165) is 49.1 Å². The highest BCUT2D eigenvalue weighted by molar-refractivity contribution is 6.09. The van der Waals surface area contributed by atoms with Crippen molar-refractivity contribution in [1.29, 1.82) is 0 Å². The molecule has 0 amide bonds. The van der Waals surface area contributed by atoms with E-state index in [4.69, 9.17) is 0 Å². The van der Waals surface area contributed by atoms with E-state index in [1.807, 2.05) is 24.5 Å². The summed E-state index contributed by atoms with van der Waals surface area (Å²) in [6.45, 7) is 4.76. The van der Waals surface area contributed by atoms with E-state index in [-0.39, 0.29) is 10.8 Å². The first-order valence-corrected chi connectivity index (χ1v) is 11.2. The summed E-state index contributed by atoms with van der Waals surface area (Å²) in [6, 6.07) is 4.02. The van der Waals surface area contributed by atoms with Gasteiger partial charge in [0.15, 0.2) is 0 Å². The SMILES string of the molecule is C[C@]12CCC(=NO)C=C1CC[C@@H]1[C@@H]2CC[C@]2(C)C(=N/O)/C(=C/c3ccncc3)C[C@@H]12. The molecule has 1 aromatic heterocycles. The lowest BCUT2D eigenvalue weighted by Gasteiger charge is -2.57. The molecule has 0 bridgehead atoms. The van der Waals surface area contributed by atoms with Crippen LogP contribution < -0.4 is 0 Å². The molecule has 5 atom stereocenters. The standard InChI is InChI=1S/C25H31N3O2/c1-24-9-5-19(27-29)15-18(24)3-4-20-21(24)6-10-25(2)22(20)14-17(23(25)28-30)13-16-7-11-26-12-8-16/h7-8,11-13,15,20-22,29-30H,3-6,9-10,14H2,1-2H3/b17-13+,27-19?,28-23+/t20-,21+,22+,24+,25+/m1/s1. The number of hydrogen-bond donors (Lipinski definition) is 2. The Bertz CT molecular complexity index is 964. The van der Waals surface area contributed by atoms with Gasteiger partial charge in [-0.3, -0.25) is 4.98 Å². The number of allylic oxidation sites excluding steroid dienone is 3. The first-order valence-electron chi connectivity index (χ1n) is 11.2. The molecule has 2 N–H and O–H groups in total. The van der Waals surface area contributed by atoms with Crippen LogP contribution >= 0.6 is 0 Å². The molecule has 3 fully saturated rings. The minimum Gasteiger partial charge on any atom is -0.411 e. The van der Waals surface area contributed by atoms with Gasteiger partial charge < -0.3 is 10.4 Å². The van der Waals surface area contributed by atoms with Crippen LogP contribution in [0.15, 0.2) is 52.1 Å². The van der Waals surface area contributed by atoms with Gasteiger partial charge in [-0.1, -0.05) is 29.7 Å². The van der Waals surface area contributed by atoms with E-state index in [2.05, 4.69) is 41.3 Å². The van der Waals surface area contributed by atoms with Crippen LogP contribution in [0.25, 0.3) is 6.08 Å². The lowest BCUT2D eigenvalue weighted by molar-refractivity contribution is -0.0151. The number of nitrogens with zero attached hydrogens (tertiary/aromatic N) is 3. The van der Waals surface area contributed by atoms with E-state index < -0.39 is 0 Å². The molecule has 0 radical (unpaired) electrons. The van der Waals surface area contributed by atoms with E-state index in [0.29, 0.717) is 17.8 Å². The van der Waals surface area contributed by atoms with Crippen molar-refractivity contribution in [3.8, 4) is 0 Å². The summed E-state index contributed by atoms with van der Waals surface area (Å²) in [5.74, 6) is 1.80. The van der Waals surface area contributed by atoms with Crippen LogP contribution in [0.5, 0.6) is 0 Å². The Morgan fingerprint density at radius 1 is 1.00 bits per heavy atom. The zero-order valence-corrected chi connectivity index (χ0v) is 17.9. The quantitative estimate of drug-likeness (QED) is 0.465. The van der Waals surface area contributed by atoms with E-state index >= 15 is 0 Å². The predicted octanol–water partition coefficient (Wildman–Crippen LogP) is 5.70. The minimum absolute atomic E-state index is 0.0568. The summed E-state index contributed by atoms with van der Waals surface area (Å²) in [6.07, 6.45) is 15.4. The average Bonchev–Trinajstić information content (AvgIpc) is 3.04. The molecule has 1 aromatic rings. The second kappa shape index (κ2) is 7.07.